The molecule has 1 amide bonds. The van der Waals surface area contributed by atoms with Crippen LogP contribution < -0.4 is 9.64 Å². The topological polar surface area (TPSA) is 130 Å². The second-order valence-electron chi connectivity index (χ2n) is 8.06. The Bertz CT molecular complexity index is 1530. The number of rotatable bonds is 7. The molecule has 9 nitrogen and oxygen atoms in total. The lowest BCUT2D eigenvalue weighted by molar-refractivity contribution is -0.136. The maximum atomic E-state index is 13.6. The summed E-state index contributed by atoms with van der Waals surface area (Å²) in [7, 11) is 1.44. The van der Waals surface area contributed by atoms with Crippen molar-refractivity contribution < 1.29 is 38.2 Å². The maximum Gasteiger partial charge on any atom is 0.307 e. The van der Waals surface area contributed by atoms with Gasteiger partial charge in [-0.2, -0.15) is 0 Å². The van der Waals surface area contributed by atoms with Gasteiger partial charge in [0.2, 0.25) is 5.78 Å². The van der Waals surface area contributed by atoms with E-state index in [4.69, 9.17) is 30.3 Å². The first-order chi connectivity index (χ1) is 17.3. The van der Waals surface area contributed by atoms with E-state index in [1.54, 1.807) is 48.5 Å². The van der Waals surface area contributed by atoms with Crippen LogP contribution >= 0.6 is 11.6 Å². The van der Waals surface area contributed by atoms with Crippen LogP contribution in [0.1, 0.15) is 27.9 Å². The van der Waals surface area contributed by atoms with Crippen LogP contribution in [0, 0.1) is 0 Å². The molecule has 1 aliphatic heterocycles. The minimum Gasteiger partial charge on any atom is -0.503 e. The third-order valence-corrected chi connectivity index (χ3v) is 6.04. The van der Waals surface area contributed by atoms with Crippen molar-refractivity contribution in [2.75, 3.05) is 12.0 Å². The number of carbonyl (C=O) groups is 3. The Morgan fingerprint density at radius 2 is 1.89 bits per heavy atom. The fourth-order valence-electron chi connectivity index (χ4n) is 4.25. The SMILES string of the molecule is COc1cc(Cl)cc2cc(C(=O)C3=C(O)C(=O)N(c4ccc(CC(=O)O)cc4)C3c3ccco3)oc12. The van der Waals surface area contributed by atoms with Crippen LogP contribution in [-0.2, 0) is 16.0 Å². The smallest absolute Gasteiger partial charge is 0.307 e. The first-order valence-corrected chi connectivity index (χ1v) is 11.1. The quantitative estimate of drug-likeness (QED) is 0.330. The molecule has 1 aliphatic rings. The Morgan fingerprint density at radius 3 is 2.53 bits per heavy atom. The number of hydrogen-bond acceptors (Lipinski definition) is 7. The van der Waals surface area contributed by atoms with Crippen LogP contribution in [0.25, 0.3) is 11.0 Å². The van der Waals surface area contributed by atoms with Gasteiger partial charge in [0.1, 0.15) is 11.8 Å². The highest BCUT2D eigenvalue weighted by molar-refractivity contribution is 6.31. The number of carbonyl (C=O) groups excluding carboxylic acids is 2. The largest absolute Gasteiger partial charge is 0.503 e. The number of benzene rings is 2. The molecule has 0 fully saturated rings. The number of carboxylic acid groups (broad SMARTS) is 1. The molecule has 10 heteroatoms. The lowest BCUT2D eigenvalue weighted by atomic mass is 9.99. The third kappa shape index (κ3) is 3.89. The average Bonchev–Trinajstić information content (AvgIpc) is 3.57. The summed E-state index contributed by atoms with van der Waals surface area (Å²) in [4.78, 5) is 39.1. The van der Waals surface area contributed by atoms with E-state index in [0.29, 0.717) is 27.4 Å². The van der Waals surface area contributed by atoms with E-state index in [9.17, 15) is 19.5 Å². The van der Waals surface area contributed by atoms with Gasteiger partial charge in [0.05, 0.1) is 25.4 Å². The normalized spacial score (nSPS) is 15.7. The molecule has 182 valence electrons. The highest BCUT2D eigenvalue weighted by atomic mass is 35.5. The molecule has 1 unspecified atom stereocenters. The number of furan rings is 2. The van der Waals surface area contributed by atoms with Gasteiger partial charge in [-0.25, -0.2) is 0 Å². The van der Waals surface area contributed by atoms with E-state index in [1.807, 2.05) is 0 Å². The van der Waals surface area contributed by atoms with Gasteiger partial charge in [-0.1, -0.05) is 23.7 Å². The minimum absolute atomic E-state index is 0.130. The van der Waals surface area contributed by atoms with Crippen LogP contribution in [0.2, 0.25) is 5.02 Å². The molecule has 0 spiro atoms. The van der Waals surface area contributed by atoms with Crippen molar-refractivity contribution in [2.45, 2.75) is 12.5 Å². The molecule has 0 saturated carbocycles. The molecule has 3 heterocycles. The summed E-state index contributed by atoms with van der Waals surface area (Å²) in [5, 5.41) is 20.7. The Morgan fingerprint density at radius 1 is 1.14 bits per heavy atom. The zero-order chi connectivity index (χ0) is 25.6. The van der Waals surface area contributed by atoms with Crippen LogP contribution in [0.4, 0.5) is 5.69 Å². The van der Waals surface area contributed by atoms with Crippen molar-refractivity contribution in [3.8, 4) is 5.75 Å². The number of halogens is 1. The van der Waals surface area contributed by atoms with Crippen molar-refractivity contribution in [3.63, 3.8) is 0 Å². The number of aliphatic hydroxyl groups excluding tert-OH is 1. The fraction of sp³-hybridized carbons (Fsp3) is 0.115. The lowest BCUT2D eigenvalue weighted by Crippen LogP contribution is -2.30. The van der Waals surface area contributed by atoms with Gasteiger partial charge in [-0.15, -0.1) is 0 Å². The summed E-state index contributed by atoms with van der Waals surface area (Å²) in [5.41, 5.74) is 0.919. The maximum absolute atomic E-state index is 13.6. The number of Topliss-reactive ketones (excluding diaryl/α,β-unsaturated/α-hetero) is 1. The van der Waals surface area contributed by atoms with Gasteiger partial charge in [-0.05, 0) is 42.0 Å². The summed E-state index contributed by atoms with van der Waals surface area (Å²) in [6.45, 7) is 0. The zero-order valence-electron chi connectivity index (χ0n) is 18.7. The van der Waals surface area contributed by atoms with Crippen molar-refractivity contribution >= 4 is 45.9 Å². The molecule has 4 aromatic rings. The Labute approximate surface area is 208 Å². The summed E-state index contributed by atoms with van der Waals surface area (Å²) >= 11 is 6.13. The first kappa shape index (κ1) is 23.3. The summed E-state index contributed by atoms with van der Waals surface area (Å²) < 4.78 is 16.6. The second kappa shape index (κ2) is 8.94. The van der Waals surface area contributed by atoms with E-state index in [0.717, 1.165) is 0 Å². The molecule has 36 heavy (non-hydrogen) atoms. The van der Waals surface area contributed by atoms with E-state index < -0.39 is 29.5 Å². The van der Waals surface area contributed by atoms with Gasteiger partial charge in [-0.3, -0.25) is 19.3 Å². The number of ketones is 1. The summed E-state index contributed by atoms with van der Waals surface area (Å²) in [6.07, 6.45) is 1.20. The molecular weight excluding hydrogens is 490 g/mol. The molecule has 0 radical (unpaired) electrons. The molecule has 1 atom stereocenters. The van der Waals surface area contributed by atoms with Gasteiger partial charge in [0, 0.05) is 22.2 Å². The van der Waals surface area contributed by atoms with Crippen molar-refractivity contribution in [1.29, 1.82) is 0 Å². The molecule has 0 bridgehead atoms. The molecule has 2 aromatic carbocycles. The van der Waals surface area contributed by atoms with Crippen LogP contribution in [0.3, 0.4) is 0 Å². The van der Waals surface area contributed by atoms with Crippen molar-refractivity contribution in [2.24, 2.45) is 0 Å². The average molecular weight is 508 g/mol. The lowest BCUT2D eigenvalue weighted by Gasteiger charge is -2.25. The molecule has 2 aromatic heterocycles. The summed E-state index contributed by atoms with van der Waals surface area (Å²) in [6, 6.07) is 12.9. The molecule has 2 N–H and O–H groups in total. The Hall–Kier alpha value is -4.50. The van der Waals surface area contributed by atoms with E-state index in [-0.39, 0.29) is 29.1 Å². The molecule has 0 saturated heterocycles. The fourth-order valence-corrected chi connectivity index (χ4v) is 4.47. The number of anilines is 1. The minimum atomic E-state index is -1.09. The number of aliphatic hydroxyl groups is 1. The van der Waals surface area contributed by atoms with Gasteiger partial charge >= 0.3 is 5.97 Å². The highest BCUT2D eigenvalue weighted by Gasteiger charge is 2.46. The summed E-state index contributed by atoms with van der Waals surface area (Å²) in [5.74, 6) is -2.85. The number of carboxylic acids is 1. The van der Waals surface area contributed by atoms with Gasteiger partial charge in [0.25, 0.3) is 5.91 Å². The number of ether oxygens (including phenoxy) is 1. The number of nitrogens with zero attached hydrogens (tertiary/aromatic N) is 1. The third-order valence-electron chi connectivity index (χ3n) is 5.83. The Balaban J connectivity index is 1.59. The number of hydrogen-bond donors (Lipinski definition) is 2. The van der Waals surface area contributed by atoms with E-state index in [2.05, 4.69) is 0 Å². The monoisotopic (exact) mass is 507 g/mol. The molecular formula is C26H18ClNO8. The standard InChI is InChI=1S/C26H18ClNO8/c1-34-19-12-15(27)10-14-11-18(36-25(14)19)23(31)21-22(17-3-2-8-35-17)28(26(33)24(21)32)16-6-4-13(5-7-16)9-20(29)30/h2-8,10-12,22,32H,9H2,1H3,(H,29,30). The van der Waals surface area contributed by atoms with Crippen LogP contribution in [0.5, 0.6) is 5.75 Å². The molecule has 0 aliphatic carbocycles. The zero-order valence-corrected chi connectivity index (χ0v) is 19.5. The van der Waals surface area contributed by atoms with Gasteiger partial charge in [0.15, 0.2) is 22.9 Å². The predicted octanol–water partition coefficient (Wildman–Crippen LogP) is 5.10. The van der Waals surface area contributed by atoms with Crippen LogP contribution in [-0.4, -0.2) is 35.0 Å². The van der Waals surface area contributed by atoms with Gasteiger partial charge < -0.3 is 23.8 Å². The predicted molar refractivity (Wildman–Crippen MR) is 128 cm³/mol. The van der Waals surface area contributed by atoms with Crippen molar-refractivity contribution in [1.82, 2.24) is 0 Å². The number of methoxy groups -OCH3 is 1. The Kier molecular flexibility index (Phi) is 5.77. The molecule has 5 rings (SSSR count). The highest BCUT2D eigenvalue weighted by Crippen LogP contribution is 2.43. The number of fused-ring (bicyclic) bond motifs is 1. The van der Waals surface area contributed by atoms with Crippen molar-refractivity contribution in [3.05, 3.63) is 94.3 Å². The number of amides is 1. The number of aliphatic carboxylic acids is 1. The van der Waals surface area contributed by atoms with E-state index >= 15 is 0 Å². The van der Waals surface area contributed by atoms with Crippen LogP contribution in [0.15, 0.2) is 81.0 Å². The first-order valence-electron chi connectivity index (χ1n) is 10.7. The second-order valence-corrected chi connectivity index (χ2v) is 8.49. The van der Waals surface area contributed by atoms with E-state index in [1.165, 1.54) is 24.3 Å².